The quantitative estimate of drug-likeness (QED) is 0.855. The molecule has 0 aliphatic carbocycles. The minimum absolute atomic E-state index is 0.341. The molecule has 0 unspecified atom stereocenters. The SMILES string of the molecule is CC(C)(C)OC(=O)Nc1ccc(Oc2ccnc(Cl)c2)cn1. The summed E-state index contributed by atoms with van der Waals surface area (Å²) in [4.78, 5) is 19.6. The van der Waals surface area contributed by atoms with Crippen LogP contribution in [0.15, 0.2) is 36.7 Å². The number of carbonyl (C=O) groups is 1. The lowest BCUT2D eigenvalue weighted by atomic mass is 10.2. The minimum Gasteiger partial charge on any atom is -0.456 e. The van der Waals surface area contributed by atoms with Crippen LogP contribution in [-0.4, -0.2) is 21.7 Å². The van der Waals surface area contributed by atoms with Crippen LogP contribution in [0.1, 0.15) is 20.8 Å². The molecule has 6 nitrogen and oxygen atoms in total. The number of hydrogen-bond donors (Lipinski definition) is 1. The molecule has 0 spiro atoms. The Kier molecular flexibility index (Phi) is 4.82. The topological polar surface area (TPSA) is 73.3 Å². The molecule has 0 saturated heterocycles. The van der Waals surface area contributed by atoms with E-state index in [9.17, 15) is 4.79 Å². The van der Waals surface area contributed by atoms with Crippen LogP contribution in [0.4, 0.5) is 10.6 Å². The van der Waals surface area contributed by atoms with Crippen LogP contribution in [0.3, 0.4) is 0 Å². The summed E-state index contributed by atoms with van der Waals surface area (Å²) in [6, 6.07) is 6.56. The van der Waals surface area contributed by atoms with Gasteiger partial charge in [-0.05, 0) is 39.0 Å². The van der Waals surface area contributed by atoms with Gasteiger partial charge in [-0.3, -0.25) is 5.32 Å². The van der Waals surface area contributed by atoms with Crippen LogP contribution in [-0.2, 0) is 4.74 Å². The molecule has 0 aromatic carbocycles. The first-order valence-electron chi connectivity index (χ1n) is 6.57. The van der Waals surface area contributed by atoms with Gasteiger partial charge in [0.1, 0.15) is 28.1 Å². The number of nitrogens with zero attached hydrogens (tertiary/aromatic N) is 2. The molecular formula is C15H16ClN3O3. The third kappa shape index (κ3) is 5.21. The van der Waals surface area contributed by atoms with Crippen molar-refractivity contribution in [2.75, 3.05) is 5.32 Å². The van der Waals surface area contributed by atoms with Crippen molar-refractivity contribution in [2.24, 2.45) is 0 Å². The largest absolute Gasteiger partial charge is 0.456 e. The number of anilines is 1. The van der Waals surface area contributed by atoms with Gasteiger partial charge >= 0.3 is 6.09 Å². The molecule has 0 saturated carbocycles. The second-order valence-corrected chi connectivity index (χ2v) is 5.81. The second kappa shape index (κ2) is 6.62. The average molecular weight is 322 g/mol. The highest BCUT2D eigenvalue weighted by Crippen LogP contribution is 2.23. The summed E-state index contributed by atoms with van der Waals surface area (Å²) >= 11 is 5.78. The zero-order chi connectivity index (χ0) is 16.2. The fraction of sp³-hybridized carbons (Fsp3) is 0.267. The molecular weight excluding hydrogens is 306 g/mol. The highest BCUT2D eigenvalue weighted by Gasteiger charge is 2.16. The molecule has 0 bridgehead atoms. The summed E-state index contributed by atoms with van der Waals surface area (Å²) in [5, 5.41) is 2.88. The minimum atomic E-state index is -0.562. The zero-order valence-corrected chi connectivity index (χ0v) is 13.2. The van der Waals surface area contributed by atoms with Crippen molar-refractivity contribution < 1.29 is 14.3 Å². The molecule has 7 heteroatoms. The second-order valence-electron chi connectivity index (χ2n) is 5.42. The van der Waals surface area contributed by atoms with E-state index in [1.165, 1.54) is 6.20 Å². The van der Waals surface area contributed by atoms with Gasteiger partial charge in [0.2, 0.25) is 0 Å². The summed E-state index contributed by atoms with van der Waals surface area (Å²) in [6.07, 6.45) is 2.47. The maximum Gasteiger partial charge on any atom is 0.413 e. The fourth-order valence-corrected chi connectivity index (χ4v) is 1.67. The van der Waals surface area contributed by atoms with Crippen molar-refractivity contribution in [3.8, 4) is 11.5 Å². The highest BCUT2D eigenvalue weighted by atomic mass is 35.5. The predicted molar refractivity (Wildman–Crippen MR) is 83.4 cm³/mol. The molecule has 2 heterocycles. The number of ether oxygens (including phenoxy) is 2. The Hall–Kier alpha value is -2.34. The van der Waals surface area contributed by atoms with Crippen molar-refractivity contribution in [1.82, 2.24) is 9.97 Å². The highest BCUT2D eigenvalue weighted by molar-refractivity contribution is 6.29. The number of nitrogens with one attached hydrogen (secondary N) is 1. The lowest BCUT2D eigenvalue weighted by Gasteiger charge is -2.19. The number of carbonyl (C=O) groups excluding carboxylic acids is 1. The zero-order valence-electron chi connectivity index (χ0n) is 12.5. The summed E-state index contributed by atoms with van der Waals surface area (Å²) in [7, 11) is 0. The standard InChI is InChI=1S/C15H16ClN3O3/c1-15(2,3)22-14(20)19-13-5-4-11(9-18-13)21-10-6-7-17-12(16)8-10/h4-9H,1-3H3,(H,18,19,20). The van der Waals surface area contributed by atoms with E-state index >= 15 is 0 Å². The smallest absolute Gasteiger partial charge is 0.413 e. The third-order valence-corrected chi connectivity index (χ3v) is 2.51. The van der Waals surface area contributed by atoms with Crippen LogP contribution in [0, 0.1) is 0 Å². The molecule has 0 atom stereocenters. The monoisotopic (exact) mass is 321 g/mol. The van der Waals surface area contributed by atoms with E-state index < -0.39 is 11.7 Å². The Labute approximate surface area is 133 Å². The molecule has 2 aromatic heterocycles. The van der Waals surface area contributed by atoms with Crippen LogP contribution < -0.4 is 10.1 Å². The molecule has 0 fully saturated rings. The molecule has 0 aliphatic heterocycles. The lowest BCUT2D eigenvalue weighted by Crippen LogP contribution is -2.27. The lowest BCUT2D eigenvalue weighted by molar-refractivity contribution is 0.0635. The predicted octanol–water partition coefficient (Wildman–Crippen LogP) is 4.27. The maximum absolute atomic E-state index is 11.6. The van der Waals surface area contributed by atoms with Crippen molar-refractivity contribution in [2.45, 2.75) is 26.4 Å². The Morgan fingerprint density at radius 3 is 2.55 bits per heavy atom. The third-order valence-electron chi connectivity index (χ3n) is 2.30. The molecule has 2 aromatic rings. The van der Waals surface area contributed by atoms with E-state index in [4.69, 9.17) is 21.1 Å². The van der Waals surface area contributed by atoms with E-state index in [2.05, 4.69) is 15.3 Å². The van der Waals surface area contributed by atoms with Crippen LogP contribution in [0.2, 0.25) is 5.15 Å². The van der Waals surface area contributed by atoms with Gasteiger partial charge in [0, 0.05) is 12.3 Å². The van der Waals surface area contributed by atoms with Gasteiger partial charge in [0.15, 0.2) is 0 Å². The molecule has 0 radical (unpaired) electrons. The van der Waals surface area contributed by atoms with Gasteiger partial charge in [-0.15, -0.1) is 0 Å². The van der Waals surface area contributed by atoms with Gasteiger partial charge in [0.25, 0.3) is 0 Å². The summed E-state index contributed by atoms with van der Waals surface area (Å²) in [6.45, 7) is 5.37. The van der Waals surface area contributed by atoms with Crippen LogP contribution >= 0.6 is 11.6 Å². The van der Waals surface area contributed by atoms with Gasteiger partial charge < -0.3 is 9.47 Å². The Balaban J connectivity index is 1.97. The number of hydrogen-bond acceptors (Lipinski definition) is 5. The first kappa shape index (κ1) is 16.0. The van der Waals surface area contributed by atoms with Crippen molar-refractivity contribution in [3.63, 3.8) is 0 Å². The number of amides is 1. The summed E-state index contributed by atoms with van der Waals surface area (Å²) in [5.74, 6) is 1.43. The number of pyridine rings is 2. The number of rotatable bonds is 3. The number of halogens is 1. The van der Waals surface area contributed by atoms with E-state index in [1.807, 2.05) is 0 Å². The Morgan fingerprint density at radius 2 is 1.95 bits per heavy atom. The number of aromatic nitrogens is 2. The molecule has 22 heavy (non-hydrogen) atoms. The van der Waals surface area contributed by atoms with E-state index in [1.54, 1.807) is 51.2 Å². The van der Waals surface area contributed by atoms with Crippen LogP contribution in [0.25, 0.3) is 0 Å². The first-order chi connectivity index (χ1) is 10.3. The first-order valence-corrected chi connectivity index (χ1v) is 6.95. The molecule has 0 aliphatic rings. The Bertz CT molecular complexity index is 654. The van der Waals surface area contributed by atoms with Crippen molar-refractivity contribution in [3.05, 3.63) is 41.8 Å². The molecule has 1 amide bonds. The maximum atomic E-state index is 11.6. The average Bonchev–Trinajstić information content (AvgIpc) is 2.39. The van der Waals surface area contributed by atoms with Crippen molar-refractivity contribution >= 4 is 23.5 Å². The molecule has 116 valence electrons. The van der Waals surface area contributed by atoms with E-state index in [0.29, 0.717) is 22.5 Å². The van der Waals surface area contributed by atoms with Crippen molar-refractivity contribution in [1.29, 1.82) is 0 Å². The van der Waals surface area contributed by atoms with Gasteiger partial charge in [-0.25, -0.2) is 14.8 Å². The van der Waals surface area contributed by atoms with E-state index in [-0.39, 0.29) is 0 Å². The summed E-state index contributed by atoms with van der Waals surface area (Å²) < 4.78 is 10.7. The van der Waals surface area contributed by atoms with E-state index in [0.717, 1.165) is 0 Å². The fourth-order valence-electron chi connectivity index (χ4n) is 1.51. The van der Waals surface area contributed by atoms with Gasteiger partial charge in [-0.2, -0.15) is 0 Å². The van der Waals surface area contributed by atoms with Gasteiger partial charge in [0.05, 0.1) is 6.20 Å². The molecule has 1 N–H and O–H groups in total. The van der Waals surface area contributed by atoms with Crippen LogP contribution in [0.5, 0.6) is 11.5 Å². The Morgan fingerprint density at radius 1 is 1.18 bits per heavy atom. The normalized spacial score (nSPS) is 10.9. The molecule has 2 rings (SSSR count). The summed E-state index contributed by atoms with van der Waals surface area (Å²) in [5.41, 5.74) is -0.562. The van der Waals surface area contributed by atoms with Gasteiger partial charge in [-0.1, -0.05) is 11.6 Å².